The second kappa shape index (κ2) is 7.50. The van der Waals surface area contributed by atoms with E-state index >= 15 is 0 Å². The second-order valence-corrected chi connectivity index (χ2v) is 4.99. The van der Waals surface area contributed by atoms with Crippen LogP contribution in [-0.4, -0.2) is 43.3 Å². The van der Waals surface area contributed by atoms with Gasteiger partial charge in [0.25, 0.3) is 0 Å². The molecule has 2 N–H and O–H groups in total. The number of likely N-dealkylation sites (tertiary alicyclic amines) is 1. The Balaban J connectivity index is 1.72. The molecule has 2 rings (SSSR count). The van der Waals surface area contributed by atoms with Crippen LogP contribution in [-0.2, 0) is 4.74 Å². The average molecular weight is 289 g/mol. The van der Waals surface area contributed by atoms with Crippen LogP contribution in [0, 0.1) is 11.3 Å². The average Bonchev–Trinajstić information content (AvgIpc) is 2.48. The molecule has 1 saturated heterocycles. The minimum Gasteiger partial charge on any atom is -0.492 e. The third kappa shape index (κ3) is 4.97. The van der Waals surface area contributed by atoms with Crippen molar-refractivity contribution in [3.05, 3.63) is 29.8 Å². The van der Waals surface area contributed by atoms with Crippen LogP contribution in [0.1, 0.15) is 18.4 Å². The lowest BCUT2D eigenvalue weighted by molar-refractivity contribution is 0.0429. The monoisotopic (exact) mass is 289 g/mol. The second-order valence-electron chi connectivity index (χ2n) is 4.99. The molecule has 1 aliphatic rings. The van der Waals surface area contributed by atoms with Gasteiger partial charge in [-0.2, -0.15) is 5.26 Å². The van der Waals surface area contributed by atoms with E-state index in [0.29, 0.717) is 18.7 Å². The molecule has 0 bridgehead atoms. The van der Waals surface area contributed by atoms with Crippen molar-refractivity contribution < 1.29 is 14.3 Å². The number of hydrogen-bond donors (Lipinski definition) is 1. The van der Waals surface area contributed by atoms with Crippen molar-refractivity contribution >= 4 is 6.09 Å². The number of nitriles is 1. The fourth-order valence-electron chi connectivity index (χ4n) is 2.39. The molecule has 0 radical (unpaired) electrons. The lowest BCUT2D eigenvalue weighted by atomic mass is 10.1. The summed E-state index contributed by atoms with van der Waals surface area (Å²) in [5.74, 6) is 0.746. The maximum absolute atomic E-state index is 10.8. The van der Waals surface area contributed by atoms with Gasteiger partial charge < -0.3 is 15.2 Å². The molecule has 1 unspecified atom stereocenters. The smallest absolute Gasteiger partial charge is 0.404 e. The number of rotatable bonds is 5. The summed E-state index contributed by atoms with van der Waals surface area (Å²) in [6.07, 6.45) is 1.01. The van der Waals surface area contributed by atoms with E-state index in [1.807, 2.05) is 0 Å². The fraction of sp³-hybridized carbons (Fsp3) is 0.467. The van der Waals surface area contributed by atoms with E-state index in [2.05, 4.69) is 11.0 Å². The van der Waals surface area contributed by atoms with Crippen LogP contribution in [0.25, 0.3) is 0 Å². The number of benzene rings is 1. The van der Waals surface area contributed by atoms with Crippen LogP contribution in [0.5, 0.6) is 5.75 Å². The summed E-state index contributed by atoms with van der Waals surface area (Å²) >= 11 is 0. The molecule has 0 aromatic heterocycles. The van der Waals surface area contributed by atoms with E-state index in [-0.39, 0.29) is 6.10 Å². The Morgan fingerprint density at radius 3 is 2.86 bits per heavy atom. The molecule has 21 heavy (non-hydrogen) atoms. The normalized spacial score (nSPS) is 18.7. The number of carbonyl (C=O) groups is 1. The third-order valence-corrected chi connectivity index (χ3v) is 3.40. The summed E-state index contributed by atoms with van der Waals surface area (Å²) in [4.78, 5) is 13.0. The van der Waals surface area contributed by atoms with Gasteiger partial charge in [0, 0.05) is 13.1 Å². The van der Waals surface area contributed by atoms with Crippen molar-refractivity contribution in [2.75, 3.05) is 26.2 Å². The van der Waals surface area contributed by atoms with Crippen LogP contribution in [0.4, 0.5) is 4.79 Å². The topological polar surface area (TPSA) is 88.6 Å². The Morgan fingerprint density at radius 1 is 1.43 bits per heavy atom. The highest BCUT2D eigenvalue weighted by Crippen LogP contribution is 2.14. The maximum atomic E-state index is 10.8. The first-order valence-electron chi connectivity index (χ1n) is 6.99. The highest BCUT2D eigenvalue weighted by atomic mass is 16.6. The van der Waals surface area contributed by atoms with Crippen LogP contribution >= 0.6 is 0 Å². The largest absolute Gasteiger partial charge is 0.492 e. The van der Waals surface area contributed by atoms with Gasteiger partial charge in [0.05, 0.1) is 11.6 Å². The first-order valence-corrected chi connectivity index (χ1v) is 6.99. The zero-order valence-corrected chi connectivity index (χ0v) is 11.8. The van der Waals surface area contributed by atoms with E-state index in [9.17, 15) is 4.79 Å². The molecule has 0 spiro atoms. The van der Waals surface area contributed by atoms with Crippen molar-refractivity contribution in [2.24, 2.45) is 5.73 Å². The van der Waals surface area contributed by atoms with Crippen molar-refractivity contribution in [1.82, 2.24) is 4.90 Å². The number of nitrogens with two attached hydrogens (primary N) is 1. The molecule has 1 aromatic carbocycles. The van der Waals surface area contributed by atoms with Crippen molar-refractivity contribution in [3.63, 3.8) is 0 Å². The van der Waals surface area contributed by atoms with Crippen molar-refractivity contribution in [3.8, 4) is 11.8 Å². The van der Waals surface area contributed by atoms with Gasteiger partial charge in [-0.25, -0.2) is 4.79 Å². The molecule has 6 nitrogen and oxygen atoms in total. The zero-order valence-electron chi connectivity index (χ0n) is 11.8. The third-order valence-electron chi connectivity index (χ3n) is 3.40. The highest BCUT2D eigenvalue weighted by Gasteiger charge is 2.21. The summed E-state index contributed by atoms with van der Waals surface area (Å²) < 4.78 is 10.7. The number of carbonyl (C=O) groups excluding carboxylic acids is 1. The number of primary amides is 1. The minimum absolute atomic E-state index is 0.119. The quantitative estimate of drug-likeness (QED) is 0.887. The van der Waals surface area contributed by atoms with Crippen LogP contribution < -0.4 is 10.5 Å². The minimum atomic E-state index is -0.712. The van der Waals surface area contributed by atoms with Crippen LogP contribution in [0.15, 0.2) is 24.3 Å². The molecule has 6 heteroatoms. The first-order chi connectivity index (χ1) is 10.2. The Labute approximate surface area is 124 Å². The highest BCUT2D eigenvalue weighted by molar-refractivity contribution is 5.64. The zero-order chi connectivity index (χ0) is 15.1. The molecule has 1 fully saturated rings. The number of amides is 1. The van der Waals surface area contributed by atoms with E-state index in [4.69, 9.17) is 20.5 Å². The summed E-state index contributed by atoms with van der Waals surface area (Å²) in [6.45, 7) is 2.98. The van der Waals surface area contributed by atoms with Crippen LogP contribution in [0.2, 0.25) is 0 Å². The van der Waals surface area contributed by atoms with Gasteiger partial charge in [0.1, 0.15) is 18.5 Å². The Bertz CT molecular complexity index is 510. The van der Waals surface area contributed by atoms with E-state index in [1.54, 1.807) is 24.3 Å². The van der Waals surface area contributed by atoms with E-state index in [1.165, 1.54) is 0 Å². The predicted octanol–water partition coefficient (Wildman–Crippen LogP) is 1.50. The molecule has 1 aliphatic heterocycles. The Hall–Kier alpha value is -2.26. The molecule has 0 saturated carbocycles. The summed E-state index contributed by atoms with van der Waals surface area (Å²) in [5.41, 5.74) is 5.66. The fourth-order valence-corrected chi connectivity index (χ4v) is 2.39. The number of hydrogen-bond acceptors (Lipinski definition) is 5. The molecule has 112 valence electrons. The SMILES string of the molecule is N#Cc1ccc(OCCN2CCCC(OC(N)=O)C2)cc1. The van der Waals surface area contributed by atoms with Gasteiger partial charge in [-0.05, 0) is 43.7 Å². The molecule has 1 amide bonds. The number of ether oxygens (including phenoxy) is 2. The van der Waals surface area contributed by atoms with Gasteiger partial charge in [-0.3, -0.25) is 4.90 Å². The molecule has 1 aromatic rings. The lowest BCUT2D eigenvalue weighted by Crippen LogP contribution is -2.42. The molecular weight excluding hydrogens is 270 g/mol. The van der Waals surface area contributed by atoms with Crippen molar-refractivity contribution in [1.29, 1.82) is 5.26 Å². The Kier molecular flexibility index (Phi) is 5.41. The molecular formula is C15H19N3O3. The van der Waals surface area contributed by atoms with Gasteiger partial charge in [-0.15, -0.1) is 0 Å². The van der Waals surface area contributed by atoms with Gasteiger partial charge >= 0.3 is 6.09 Å². The standard InChI is InChI=1S/C15H19N3O3/c16-10-12-3-5-13(6-4-12)20-9-8-18-7-1-2-14(11-18)21-15(17)19/h3-6,14H,1-2,7-9,11H2,(H2,17,19). The number of piperidine rings is 1. The number of nitrogens with zero attached hydrogens (tertiary/aromatic N) is 2. The van der Waals surface area contributed by atoms with Gasteiger partial charge in [-0.1, -0.05) is 0 Å². The predicted molar refractivity (Wildman–Crippen MR) is 76.8 cm³/mol. The summed E-state index contributed by atoms with van der Waals surface area (Å²) in [7, 11) is 0. The van der Waals surface area contributed by atoms with Gasteiger partial charge in [0.2, 0.25) is 0 Å². The lowest BCUT2D eigenvalue weighted by Gasteiger charge is -2.31. The molecule has 1 heterocycles. The summed E-state index contributed by atoms with van der Waals surface area (Å²) in [5, 5.41) is 8.72. The Morgan fingerprint density at radius 2 is 2.19 bits per heavy atom. The van der Waals surface area contributed by atoms with E-state index in [0.717, 1.165) is 31.7 Å². The first kappa shape index (κ1) is 15.1. The molecule has 1 atom stereocenters. The van der Waals surface area contributed by atoms with E-state index < -0.39 is 6.09 Å². The maximum Gasteiger partial charge on any atom is 0.404 e. The van der Waals surface area contributed by atoms with Crippen molar-refractivity contribution in [2.45, 2.75) is 18.9 Å². The van der Waals surface area contributed by atoms with Crippen LogP contribution in [0.3, 0.4) is 0 Å². The molecule has 0 aliphatic carbocycles. The summed E-state index contributed by atoms with van der Waals surface area (Å²) in [6, 6.07) is 9.10. The van der Waals surface area contributed by atoms with Gasteiger partial charge in [0.15, 0.2) is 0 Å².